The zero-order valence-electron chi connectivity index (χ0n) is 14.0. The van der Waals surface area contributed by atoms with E-state index in [0.29, 0.717) is 6.04 Å². The van der Waals surface area contributed by atoms with Crippen LogP contribution < -0.4 is 0 Å². The highest BCUT2D eigenvalue weighted by Crippen LogP contribution is 2.20. The summed E-state index contributed by atoms with van der Waals surface area (Å²) in [5.74, 6) is 0. The largest absolute Gasteiger partial charge is 0.395 e. The van der Waals surface area contributed by atoms with Crippen molar-refractivity contribution >= 4 is 0 Å². The van der Waals surface area contributed by atoms with Gasteiger partial charge in [0.2, 0.25) is 0 Å². The van der Waals surface area contributed by atoms with Crippen LogP contribution in [0.5, 0.6) is 0 Å². The molecule has 122 valence electrons. The molecule has 3 rings (SSSR count). The van der Waals surface area contributed by atoms with Crippen molar-refractivity contribution in [2.24, 2.45) is 0 Å². The van der Waals surface area contributed by atoms with Gasteiger partial charge in [0.05, 0.1) is 6.61 Å². The van der Waals surface area contributed by atoms with Crippen molar-refractivity contribution in [3.8, 4) is 0 Å². The monoisotopic (exact) mass is 309 g/mol. The number of likely N-dealkylation sites (tertiary alicyclic amines) is 1. The molecule has 1 atom stereocenters. The van der Waals surface area contributed by atoms with Crippen LogP contribution in [0.15, 0.2) is 48.5 Å². The molecule has 2 aromatic carbocycles. The molecule has 1 aliphatic rings. The molecule has 0 amide bonds. The lowest BCUT2D eigenvalue weighted by atomic mass is 10.0. The fourth-order valence-electron chi connectivity index (χ4n) is 3.40. The van der Waals surface area contributed by atoms with E-state index in [9.17, 15) is 5.11 Å². The predicted octanol–water partition coefficient (Wildman–Crippen LogP) is 3.74. The lowest BCUT2D eigenvalue weighted by Crippen LogP contribution is -2.31. The Morgan fingerprint density at radius 2 is 1.48 bits per heavy atom. The van der Waals surface area contributed by atoms with E-state index >= 15 is 0 Å². The van der Waals surface area contributed by atoms with Gasteiger partial charge in [0, 0.05) is 12.6 Å². The van der Waals surface area contributed by atoms with Gasteiger partial charge in [-0.1, -0.05) is 54.1 Å². The number of rotatable bonds is 6. The first-order valence-corrected chi connectivity index (χ1v) is 8.73. The quantitative estimate of drug-likeness (QED) is 0.879. The standard InChI is InChI=1S/C21H27NO/c1-17-4-6-18(7-5-17)8-9-19-10-12-20(13-11-19)15-22-14-2-3-21(22)16-23/h4-7,10-13,21,23H,2-3,8-9,14-16H2,1H3/t21-/m1/s1. The Morgan fingerprint density at radius 3 is 2.09 bits per heavy atom. The molecule has 2 heteroatoms. The minimum absolute atomic E-state index is 0.286. The molecule has 0 unspecified atom stereocenters. The second-order valence-corrected chi connectivity index (χ2v) is 6.75. The van der Waals surface area contributed by atoms with Crippen LogP contribution >= 0.6 is 0 Å². The van der Waals surface area contributed by atoms with Gasteiger partial charge < -0.3 is 5.11 Å². The summed E-state index contributed by atoms with van der Waals surface area (Å²) < 4.78 is 0. The first-order valence-electron chi connectivity index (χ1n) is 8.73. The highest BCUT2D eigenvalue weighted by molar-refractivity contribution is 5.26. The van der Waals surface area contributed by atoms with E-state index in [4.69, 9.17) is 0 Å². The van der Waals surface area contributed by atoms with Gasteiger partial charge in [0.25, 0.3) is 0 Å². The maximum Gasteiger partial charge on any atom is 0.0587 e. The van der Waals surface area contributed by atoms with Crippen molar-refractivity contribution < 1.29 is 5.11 Å². The minimum Gasteiger partial charge on any atom is -0.395 e. The molecule has 0 aliphatic carbocycles. The third-order valence-electron chi connectivity index (χ3n) is 4.94. The number of aryl methyl sites for hydroxylation is 3. The minimum atomic E-state index is 0.286. The maximum atomic E-state index is 9.41. The topological polar surface area (TPSA) is 23.5 Å². The lowest BCUT2D eigenvalue weighted by Gasteiger charge is -2.22. The van der Waals surface area contributed by atoms with Crippen LogP contribution in [0.4, 0.5) is 0 Å². The Kier molecular flexibility index (Phi) is 5.47. The van der Waals surface area contributed by atoms with Gasteiger partial charge in [-0.05, 0) is 55.8 Å². The first kappa shape index (κ1) is 16.2. The van der Waals surface area contributed by atoms with Crippen LogP contribution in [-0.4, -0.2) is 29.2 Å². The van der Waals surface area contributed by atoms with Crippen molar-refractivity contribution in [3.05, 3.63) is 70.8 Å². The Hall–Kier alpha value is -1.64. The van der Waals surface area contributed by atoms with Crippen molar-refractivity contribution in [2.45, 2.75) is 45.2 Å². The fourth-order valence-corrected chi connectivity index (χ4v) is 3.40. The lowest BCUT2D eigenvalue weighted by molar-refractivity contribution is 0.153. The highest BCUT2D eigenvalue weighted by atomic mass is 16.3. The smallest absolute Gasteiger partial charge is 0.0587 e. The van der Waals surface area contributed by atoms with Crippen LogP contribution in [0, 0.1) is 6.92 Å². The van der Waals surface area contributed by atoms with Crippen molar-refractivity contribution in [3.63, 3.8) is 0 Å². The van der Waals surface area contributed by atoms with Crippen LogP contribution in [0.3, 0.4) is 0 Å². The SMILES string of the molecule is Cc1ccc(CCc2ccc(CN3CCC[C@@H]3CO)cc2)cc1. The molecule has 0 aromatic heterocycles. The van der Waals surface area contributed by atoms with E-state index in [-0.39, 0.29) is 6.61 Å². The molecule has 1 heterocycles. The zero-order valence-corrected chi connectivity index (χ0v) is 14.0. The molecular weight excluding hydrogens is 282 g/mol. The van der Waals surface area contributed by atoms with Gasteiger partial charge in [0.15, 0.2) is 0 Å². The highest BCUT2D eigenvalue weighted by Gasteiger charge is 2.23. The van der Waals surface area contributed by atoms with Crippen molar-refractivity contribution in [1.29, 1.82) is 0 Å². The van der Waals surface area contributed by atoms with Gasteiger partial charge in [-0.15, -0.1) is 0 Å². The van der Waals surface area contributed by atoms with Crippen LogP contribution in [0.1, 0.15) is 35.1 Å². The normalized spacial score (nSPS) is 18.4. The summed E-state index contributed by atoms with van der Waals surface area (Å²) >= 11 is 0. The number of aliphatic hydroxyl groups is 1. The van der Waals surface area contributed by atoms with E-state index in [1.807, 2.05) is 0 Å². The van der Waals surface area contributed by atoms with E-state index in [0.717, 1.165) is 32.4 Å². The summed E-state index contributed by atoms with van der Waals surface area (Å²) in [7, 11) is 0. The van der Waals surface area contributed by atoms with Gasteiger partial charge >= 0.3 is 0 Å². The summed E-state index contributed by atoms with van der Waals surface area (Å²) in [5, 5.41) is 9.41. The Balaban J connectivity index is 1.53. The molecule has 23 heavy (non-hydrogen) atoms. The molecule has 0 radical (unpaired) electrons. The van der Waals surface area contributed by atoms with Gasteiger partial charge in [-0.3, -0.25) is 4.90 Å². The van der Waals surface area contributed by atoms with E-state index in [2.05, 4.69) is 60.4 Å². The Bertz CT molecular complexity index is 603. The fraction of sp³-hybridized carbons (Fsp3) is 0.429. The average molecular weight is 309 g/mol. The molecule has 1 aliphatic heterocycles. The second kappa shape index (κ2) is 7.76. The van der Waals surface area contributed by atoms with Crippen molar-refractivity contribution in [1.82, 2.24) is 4.90 Å². The summed E-state index contributed by atoms with van der Waals surface area (Å²) in [6.07, 6.45) is 4.52. The summed E-state index contributed by atoms with van der Waals surface area (Å²) in [6.45, 7) is 4.49. The third-order valence-corrected chi connectivity index (χ3v) is 4.94. The molecule has 2 nitrogen and oxygen atoms in total. The van der Waals surface area contributed by atoms with Gasteiger partial charge in [0.1, 0.15) is 0 Å². The Morgan fingerprint density at radius 1 is 0.913 bits per heavy atom. The van der Waals surface area contributed by atoms with E-state index in [1.165, 1.54) is 28.7 Å². The van der Waals surface area contributed by atoms with E-state index in [1.54, 1.807) is 0 Å². The maximum absolute atomic E-state index is 9.41. The molecular formula is C21H27NO. The predicted molar refractivity (Wildman–Crippen MR) is 95.5 cm³/mol. The molecule has 0 saturated carbocycles. The van der Waals surface area contributed by atoms with Crippen LogP contribution in [0.2, 0.25) is 0 Å². The number of benzene rings is 2. The molecule has 0 bridgehead atoms. The summed E-state index contributed by atoms with van der Waals surface area (Å²) in [4.78, 5) is 2.40. The van der Waals surface area contributed by atoms with Gasteiger partial charge in [-0.25, -0.2) is 0 Å². The number of nitrogens with zero attached hydrogens (tertiary/aromatic N) is 1. The Labute approximate surface area is 139 Å². The third kappa shape index (κ3) is 4.43. The average Bonchev–Trinajstić information content (AvgIpc) is 3.03. The van der Waals surface area contributed by atoms with Gasteiger partial charge in [-0.2, -0.15) is 0 Å². The molecule has 1 saturated heterocycles. The zero-order chi connectivity index (χ0) is 16.1. The number of aliphatic hydroxyl groups excluding tert-OH is 1. The van der Waals surface area contributed by atoms with Crippen molar-refractivity contribution in [2.75, 3.05) is 13.2 Å². The van der Waals surface area contributed by atoms with E-state index < -0.39 is 0 Å². The number of hydrogen-bond acceptors (Lipinski definition) is 2. The van der Waals surface area contributed by atoms with Crippen LogP contribution in [-0.2, 0) is 19.4 Å². The molecule has 1 fully saturated rings. The molecule has 0 spiro atoms. The molecule has 1 N–H and O–H groups in total. The molecule has 2 aromatic rings. The second-order valence-electron chi connectivity index (χ2n) is 6.75. The number of hydrogen-bond donors (Lipinski definition) is 1. The summed E-state index contributed by atoms with van der Waals surface area (Å²) in [5.41, 5.74) is 5.47. The van der Waals surface area contributed by atoms with Crippen LogP contribution in [0.25, 0.3) is 0 Å². The first-order chi connectivity index (χ1) is 11.2. The summed E-state index contributed by atoms with van der Waals surface area (Å²) in [6, 6.07) is 18.2.